The SMILES string of the molecule is Cc1cc(N2CCCC2)nc(Nc2ccc(NC(=O)c3ccc(Cl)cc3Cl)cc2)n1. The predicted molar refractivity (Wildman–Crippen MR) is 122 cm³/mol. The van der Waals surface area contributed by atoms with E-state index in [2.05, 4.69) is 25.5 Å². The number of rotatable bonds is 5. The van der Waals surface area contributed by atoms with E-state index in [1.165, 1.54) is 12.8 Å². The molecule has 0 saturated carbocycles. The van der Waals surface area contributed by atoms with Crippen molar-refractivity contribution in [2.24, 2.45) is 0 Å². The molecule has 0 atom stereocenters. The molecule has 1 aliphatic heterocycles. The summed E-state index contributed by atoms with van der Waals surface area (Å²) in [7, 11) is 0. The number of hydrogen-bond acceptors (Lipinski definition) is 5. The first kappa shape index (κ1) is 20.4. The Balaban J connectivity index is 1.44. The highest BCUT2D eigenvalue weighted by Gasteiger charge is 2.15. The largest absolute Gasteiger partial charge is 0.356 e. The van der Waals surface area contributed by atoms with E-state index in [1.807, 2.05) is 25.1 Å². The van der Waals surface area contributed by atoms with Gasteiger partial charge in [0.05, 0.1) is 10.6 Å². The van der Waals surface area contributed by atoms with Gasteiger partial charge in [-0.25, -0.2) is 4.98 Å². The van der Waals surface area contributed by atoms with Crippen LogP contribution in [0.4, 0.5) is 23.1 Å². The molecule has 6 nitrogen and oxygen atoms in total. The predicted octanol–water partition coefficient (Wildman–Crippen LogP) is 5.69. The monoisotopic (exact) mass is 441 g/mol. The number of aryl methyl sites for hydroxylation is 1. The molecule has 1 aliphatic rings. The van der Waals surface area contributed by atoms with E-state index in [4.69, 9.17) is 23.2 Å². The second kappa shape index (κ2) is 8.90. The van der Waals surface area contributed by atoms with Crippen LogP contribution in [0.3, 0.4) is 0 Å². The van der Waals surface area contributed by atoms with Crippen LogP contribution < -0.4 is 15.5 Å². The highest BCUT2D eigenvalue weighted by Crippen LogP contribution is 2.24. The zero-order chi connectivity index (χ0) is 21.1. The van der Waals surface area contributed by atoms with Crippen molar-refractivity contribution in [3.05, 3.63) is 69.8 Å². The van der Waals surface area contributed by atoms with Crippen molar-refractivity contribution in [2.75, 3.05) is 28.6 Å². The molecule has 0 bridgehead atoms. The van der Waals surface area contributed by atoms with Gasteiger partial charge in [0.15, 0.2) is 0 Å². The molecule has 30 heavy (non-hydrogen) atoms. The van der Waals surface area contributed by atoms with Gasteiger partial charge in [0.1, 0.15) is 5.82 Å². The molecule has 2 heterocycles. The summed E-state index contributed by atoms with van der Waals surface area (Å²) in [6.07, 6.45) is 2.39. The molecule has 0 radical (unpaired) electrons. The first-order valence-corrected chi connectivity index (χ1v) is 10.5. The Morgan fingerprint density at radius 3 is 2.37 bits per heavy atom. The number of hydrogen-bond donors (Lipinski definition) is 2. The highest BCUT2D eigenvalue weighted by atomic mass is 35.5. The van der Waals surface area contributed by atoms with Crippen LogP contribution in [0.5, 0.6) is 0 Å². The molecule has 0 spiro atoms. The molecule has 0 aliphatic carbocycles. The van der Waals surface area contributed by atoms with Crippen molar-refractivity contribution in [1.29, 1.82) is 0 Å². The summed E-state index contributed by atoms with van der Waals surface area (Å²) in [6.45, 7) is 4.02. The van der Waals surface area contributed by atoms with E-state index in [0.29, 0.717) is 27.2 Å². The van der Waals surface area contributed by atoms with Crippen molar-refractivity contribution >= 4 is 52.3 Å². The Morgan fingerprint density at radius 2 is 1.67 bits per heavy atom. The van der Waals surface area contributed by atoms with E-state index >= 15 is 0 Å². The molecule has 1 fully saturated rings. The van der Waals surface area contributed by atoms with Gasteiger partial charge in [-0.2, -0.15) is 4.98 Å². The minimum absolute atomic E-state index is 0.297. The summed E-state index contributed by atoms with van der Waals surface area (Å²) in [5, 5.41) is 6.86. The summed E-state index contributed by atoms with van der Waals surface area (Å²) in [5.41, 5.74) is 2.76. The first-order chi connectivity index (χ1) is 14.5. The third-order valence-corrected chi connectivity index (χ3v) is 5.39. The summed E-state index contributed by atoms with van der Waals surface area (Å²) >= 11 is 12.0. The minimum atomic E-state index is -0.297. The minimum Gasteiger partial charge on any atom is -0.356 e. The molecule has 8 heteroatoms. The van der Waals surface area contributed by atoms with Gasteiger partial charge in [0, 0.05) is 41.2 Å². The van der Waals surface area contributed by atoms with Crippen molar-refractivity contribution in [2.45, 2.75) is 19.8 Å². The van der Waals surface area contributed by atoms with Crippen LogP contribution in [0, 0.1) is 6.92 Å². The average molecular weight is 442 g/mol. The average Bonchev–Trinajstić information content (AvgIpc) is 3.24. The highest BCUT2D eigenvalue weighted by molar-refractivity contribution is 6.37. The summed E-state index contributed by atoms with van der Waals surface area (Å²) < 4.78 is 0. The van der Waals surface area contributed by atoms with Crippen molar-refractivity contribution in [3.8, 4) is 0 Å². The van der Waals surface area contributed by atoms with E-state index < -0.39 is 0 Å². The molecule has 1 amide bonds. The molecule has 154 valence electrons. The lowest BCUT2D eigenvalue weighted by Gasteiger charge is -2.17. The molecule has 0 unspecified atom stereocenters. The maximum atomic E-state index is 12.4. The van der Waals surface area contributed by atoms with Crippen LogP contribution in [0.15, 0.2) is 48.5 Å². The van der Waals surface area contributed by atoms with Crippen molar-refractivity contribution in [3.63, 3.8) is 0 Å². The van der Waals surface area contributed by atoms with Crippen molar-refractivity contribution < 1.29 is 4.79 Å². The van der Waals surface area contributed by atoms with Gasteiger partial charge in [-0.3, -0.25) is 4.79 Å². The zero-order valence-electron chi connectivity index (χ0n) is 16.5. The van der Waals surface area contributed by atoms with Gasteiger partial charge in [-0.15, -0.1) is 0 Å². The van der Waals surface area contributed by atoms with Gasteiger partial charge in [-0.1, -0.05) is 23.2 Å². The van der Waals surface area contributed by atoms with Crippen LogP contribution in [0.1, 0.15) is 28.9 Å². The van der Waals surface area contributed by atoms with E-state index in [1.54, 1.807) is 30.3 Å². The molecular formula is C22H21Cl2N5O. The van der Waals surface area contributed by atoms with Crippen LogP contribution in [0.2, 0.25) is 10.0 Å². The third kappa shape index (κ3) is 4.83. The standard InChI is InChI=1S/C22H21Cl2N5O/c1-14-12-20(29-10-2-3-11-29)28-22(25-14)27-17-7-5-16(6-8-17)26-21(30)18-9-4-15(23)13-19(18)24/h4-9,12-13H,2-3,10-11H2,1H3,(H,26,30)(H,25,27,28). The lowest BCUT2D eigenvalue weighted by atomic mass is 10.2. The van der Waals surface area contributed by atoms with Crippen LogP contribution in [-0.4, -0.2) is 29.0 Å². The van der Waals surface area contributed by atoms with Gasteiger partial charge in [0.2, 0.25) is 5.95 Å². The quantitative estimate of drug-likeness (QED) is 0.532. The number of anilines is 4. The second-order valence-electron chi connectivity index (χ2n) is 7.17. The topological polar surface area (TPSA) is 70.2 Å². The number of amides is 1. The lowest BCUT2D eigenvalue weighted by Crippen LogP contribution is -2.19. The van der Waals surface area contributed by atoms with Crippen LogP contribution in [0.25, 0.3) is 0 Å². The fourth-order valence-electron chi connectivity index (χ4n) is 3.35. The van der Waals surface area contributed by atoms with Crippen molar-refractivity contribution in [1.82, 2.24) is 9.97 Å². The van der Waals surface area contributed by atoms with Crippen LogP contribution >= 0.6 is 23.2 Å². The van der Waals surface area contributed by atoms with E-state index in [-0.39, 0.29) is 5.91 Å². The maximum absolute atomic E-state index is 12.4. The molecule has 2 N–H and O–H groups in total. The lowest BCUT2D eigenvalue weighted by molar-refractivity contribution is 0.102. The Kier molecular flexibility index (Phi) is 6.06. The number of benzene rings is 2. The van der Waals surface area contributed by atoms with Gasteiger partial charge >= 0.3 is 0 Å². The Morgan fingerprint density at radius 1 is 0.967 bits per heavy atom. The van der Waals surface area contributed by atoms with Gasteiger partial charge in [-0.05, 0) is 62.2 Å². The molecule has 1 saturated heterocycles. The first-order valence-electron chi connectivity index (χ1n) is 9.72. The number of carbonyl (C=O) groups excluding carboxylic acids is 1. The Bertz CT molecular complexity index is 1070. The Hall–Kier alpha value is -2.83. The number of carbonyl (C=O) groups is 1. The second-order valence-corrected chi connectivity index (χ2v) is 8.01. The van der Waals surface area contributed by atoms with E-state index in [9.17, 15) is 4.79 Å². The number of nitrogens with one attached hydrogen (secondary N) is 2. The molecule has 3 aromatic rings. The fraction of sp³-hybridized carbons (Fsp3) is 0.227. The Labute approximate surface area is 185 Å². The third-order valence-electron chi connectivity index (χ3n) is 4.85. The molecule has 2 aromatic carbocycles. The number of nitrogens with zero attached hydrogens (tertiary/aromatic N) is 3. The number of aromatic nitrogens is 2. The molecule has 1 aromatic heterocycles. The molecular weight excluding hydrogens is 421 g/mol. The van der Waals surface area contributed by atoms with Crippen LogP contribution in [-0.2, 0) is 0 Å². The van der Waals surface area contributed by atoms with E-state index in [0.717, 1.165) is 30.3 Å². The summed E-state index contributed by atoms with van der Waals surface area (Å²) in [5.74, 6) is 1.21. The van der Waals surface area contributed by atoms with Gasteiger partial charge in [0.25, 0.3) is 5.91 Å². The normalized spacial score (nSPS) is 13.4. The fourth-order valence-corrected chi connectivity index (χ4v) is 3.85. The summed E-state index contributed by atoms with van der Waals surface area (Å²) in [6, 6.07) is 14.1. The summed E-state index contributed by atoms with van der Waals surface area (Å²) in [4.78, 5) is 23.9. The number of halogens is 2. The van der Waals surface area contributed by atoms with Gasteiger partial charge < -0.3 is 15.5 Å². The smallest absolute Gasteiger partial charge is 0.257 e. The molecule has 4 rings (SSSR count). The maximum Gasteiger partial charge on any atom is 0.257 e. The zero-order valence-corrected chi connectivity index (χ0v) is 18.0.